The summed E-state index contributed by atoms with van der Waals surface area (Å²) in [5.41, 5.74) is 5.77. The molecule has 0 aliphatic heterocycles. The van der Waals surface area contributed by atoms with E-state index < -0.39 is 0 Å². The quantitative estimate of drug-likeness (QED) is 0.865. The van der Waals surface area contributed by atoms with Crippen molar-refractivity contribution in [3.63, 3.8) is 0 Å². The van der Waals surface area contributed by atoms with E-state index in [1.165, 1.54) is 0 Å². The van der Waals surface area contributed by atoms with Crippen LogP contribution < -0.4 is 10.5 Å². The summed E-state index contributed by atoms with van der Waals surface area (Å²) in [6, 6.07) is 5.37. The Bertz CT molecular complexity index is 317. The van der Waals surface area contributed by atoms with Crippen LogP contribution in [0.5, 0.6) is 5.75 Å². The summed E-state index contributed by atoms with van der Waals surface area (Å²) in [5, 5.41) is 1.14. The third-order valence-corrected chi connectivity index (χ3v) is 2.69. The maximum Gasteiger partial charge on any atom is 0.137 e. The van der Waals surface area contributed by atoms with Gasteiger partial charge in [0, 0.05) is 11.1 Å². The predicted molar refractivity (Wildman–Crippen MR) is 64.8 cm³/mol. The summed E-state index contributed by atoms with van der Waals surface area (Å²) in [6.45, 7) is 2.64. The van der Waals surface area contributed by atoms with Gasteiger partial charge in [-0.2, -0.15) is 0 Å². The summed E-state index contributed by atoms with van der Waals surface area (Å²) >= 11 is 11.7. The van der Waals surface area contributed by atoms with E-state index in [0.29, 0.717) is 22.4 Å². The molecule has 1 unspecified atom stereocenters. The summed E-state index contributed by atoms with van der Waals surface area (Å²) in [4.78, 5) is 0. The van der Waals surface area contributed by atoms with Crippen LogP contribution in [0.1, 0.15) is 19.8 Å². The van der Waals surface area contributed by atoms with E-state index in [-0.39, 0.29) is 6.04 Å². The average Bonchev–Trinajstić information content (AvgIpc) is 2.21. The molecule has 0 aromatic heterocycles. The highest BCUT2D eigenvalue weighted by Gasteiger charge is 2.03. The van der Waals surface area contributed by atoms with Crippen molar-refractivity contribution >= 4 is 23.2 Å². The van der Waals surface area contributed by atoms with Crippen molar-refractivity contribution in [2.75, 3.05) is 6.61 Å². The highest BCUT2D eigenvalue weighted by Crippen LogP contribution is 2.27. The molecule has 1 rings (SSSR count). The van der Waals surface area contributed by atoms with Gasteiger partial charge in [-0.15, -0.1) is 0 Å². The van der Waals surface area contributed by atoms with Crippen LogP contribution in [-0.4, -0.2) is 12.6 Å². The van der Waals surface area contributed by atoms with Crippen molar-refractivity contribution in [1.82, 2.24) is 0 Å². The number of hydrogen-bond acceptors (Lipinski definition) is 2. The lowest BCUT2D eigenvalue weighted by atomic mass is 10.2. The zero-order valence-electron chi connectivity index (χ0n) is 8.67. The Hall–Kier alpha value is -0.440. The van der Waals surface area contributed by atoms with Gasteiger partial charge in [0.05, 0.1) is 11.6 Å². The van der Waals surface area contributed by atoms with E-state index in [1.54, 1.807) is 18.2 Å². The van der Waals surface area contributed by atoms with Crippen molar-refractivity contribution in [2.24, 2.45) is 5.73 Å². The molecule has 0 bridgehead atoms. The number of rotatable bonds is 5. The fourth-order valence-electron chi connectivity index (χ4n) is 1.12. The molecule has 0 saturated heterocycles. The molecule has 0 spiro atoms. The van der Waals surface area contributed by atoms with Crippen molar-refractivity contribution in [3.05, 3.63) is 28.2 Å². The minimum atomic E-state index is 0.191. The van der Waals surface area contributed by atoms with Crippen LogP contribution in [0.4, 0.5) is 0 Å². The second-order valence-electron chi connectivity index (χ2n) is 3.38. The number of nitrogens with two attached hydrogens (primary N) is 1. The van der Waals surface area contributed by atoms with Gasteiger partial charge in [-0.05, 0) is 31.0 Å². The number of benzene rings is 1. The molecule has 1 aromatic rings. The van der Waals surface area contributed by atoms with Gasteiger partial charge in [0.25, 0.3) is 0 Å². The Labute approximate surface area is 100 Å². The maximum atomic E-state index is 5.94. The lowest BCUT2D eigenvalue weighted by molar-refractivity contribution is 0.296. The molecule has 0 heterocycles. The average molecular weight is 248 g/mol. The highest BCUT2D eigenvalue weighted by atomic mass is 35.5. The number of ether oxygens (including phenoxy) is 1. The summed E-state index contributed by atoms with van der Waals surface area (Å²) in [6.07, 6.45) is 1.78. The lowest BCUT2D eigenvalue weighted by Gasteiger charge is -2.11. The summed E-state index contributed by atoms with van der Waals surface area (Å²) < 4.78 is 5.49. The Balaban J connectivity index is 2.44. The third-order valence-electron chi connectivity index (χ3n) is 2.16. The van der Waals surface area contributed by atoms with Crippen LogP contribution in [0.2, 0.25) is 10.0 Å². The molecule has 15 heavy (non-hydrogen) atoms. The van der Waals surface area contributed by atoms with Gasteiger partial charge in [0.15, 0.2) is 0 Å². The second-order valence-corrected chi connectivity index (χ2v) is 4.22. The fourth-order valence-corrected chi connectivity index (χ4v) is 1.58. The SMILES string of the molecule is CCC(N)CCOc1ccc(Cl)cc1Cl. The molecule has 84 valence electrons. The topological polar surface area (TPSA) is 35.2 Å². The van der Waals surface area contributed by atoms with E-state index in [0.717, 1.165) is 12.8 Å². The molecule has 2 N–H and O–H groups in total. The van der Waals surface area contributed by atoms with Crippen molar-refractivity contribution in [2.45, 2.75) is 25.8 Å². The molecule has 0 saturated carbocycles. The van der Waals surface area contributed by atoms with E-state index in [4.69, 9.17) is 33.7 Å². The monoisotopic (exact) mass is 247 g/mol. The predicted octanol–water partition coefficient (Wildman–Crippen LogP) is 3.50. The molecule has 1 aromatic carbocycles. The van der Waals surface area contributed by atoms with Gasteiger partial charge < -0.3 is 10.5 Å². The number of hydrogen-bond donors (Lipinski definition) is 1. The van der Waals surface area contributed by atoms with Crippen molar-refractivity contribution in [3.8, 4) is 5.75 Å². The number of halogens is 2. The first kappa shape index (κ1) is 12.6. The van der Waals surface area contributed by atoms with Crippen LogP contribution in [0, 0.1) is 0 Å². The normalized spacial score (nSPS) is 12.5. The molecule has 0 aliphatic carbocycles. The highest BCUT2D eigenvalue weighted by molar-refractivity contribution is 6.35. The van der Waals surface area contributed by atoms with E-state index in [9.17, 15) is 0 Å². The van der Waals surface area contributed by atoms with E-state index in [1.807, 2.05) is 0 Å². The van der Waals surface area contributed by atoms with Gasteiger partial charge in [-0.3, -0.25) is 0 Å². The first-order valence-corrected chi connectivity index (χ1v) is 5.72. The van der Waals surface area contributed by atoms with Gasteiger partial charge in [-0.25, -0.2) is 0 Å². The molecule has 0 amide bonds. The Morgan fingerprint density at radius 2 is 2.13 bits per heavy atom. The molecule has 0 radical (unpaired) electrons. The Morgan fingerprint density at radius 3 is 2.73 bits per heavy atom. The van der Waals surface area contributed by atoms with E-state index >= 15 is 0 Å². The third kappa shape index (κ3) is 4.29. The van der Waals surface area contributed by atoms with Crippen molar-refractivity contribution in [1.29, 1.82) is 0 Å². The molecule has 4 heteroatoms. The molecule has 1 atom stereocenters. The molecule has 2 nitrogen and oxygen atoms in total. The van der Waals surface area contributed by atoms with Crippen LogP contribution in [-0.2, 0) is 0 Å². The van der Waals surface area contributed by atoms with Crippen LogP contribution in [0.3, 0.4) is 0 Å². The van der Waals surface area contributed by atoms with Crippen molar-refractivity contribution < 1.29 is 4.74 Å². The van der Waals surface area contributed by atoms with Gasteiger partial charge >= 0.3 is 0 Å². The summed E-state index contributed by atoms with van der Waals surface area (Å²) in [7, 11) is 0. The first-order chi connectivity index (χ1) is 7.13. The molecular weight excluding hydrogens is 233 g/mol. The smallest absolute Gasteiger partial charge is 0.137 e. The van der Waals surface area contributed by atoms with Gasteiger partial charge in [-0.1, -0.05) is 30.1 Å². The fraction of sp³-hybridized carbons (Fsp3) is 0.455. The van der Waals surface area contributed by atoms with Gasteiger partial charge in [0.1, 0.15) is 5.75 Å². The minimum Gasteiger partial charge on any atom is -0.492 e. The standard InChI is InChI=1S/C11H15Cl2NO/c1-2-9(14)5-6-15-11-4-3-8(12)7-10(11)13/h3-4,7,9H,2,5-6,14H2,1H3. The van der Waals surface area contributed by atoms with Gasteiger partial charge in [0.2, 0.25) is 0 Å². The molecule has 0 fully saturated rings. The first-order valence-electron chi connectivity index (χ1n) is 4.97. The zero-order valence-corrected chi connectivity index (χ0v) is 10.2. The maximum absolute atomic E-state index is 5.94. The van der Waals surface area contributed by atoms with Crippen LogP contribution in [0.25, 0.3) is 0 Å². The molecular formula is C11H15Cl2NO. The minimum absolute atomic E-state index is 0.191. The summed E-state index contributed by atoms with van der Waals surface area (Å²) in [5.74, 6) is 0.657. The van der Waals surface area contributed by atoms with Crippen LogP contribution in [0.15, 0.2) is 18.2 Å². The molecule has 0 aliphatic rings. The largest absolute Gasteiger partial charge is 0.492 e. The van der Waals surface area contributed by atoms with E-state index in [2.05, 4.69) is 6.92 Å². The lowest BCUT2D eigenvalue weighted by Crippen LogP contribution is -2.21. The zero-order chi connectivity index (χ0) is 11.3. The Morgan fingerprint density at radius 1 is 1.40 bits per heavy atom. The Kier molecular flexibility index (Phi) is 5.23. The second kappa shape index (κ2) is 6.21. The van der Waals surface area contributed by atoms with Crippen LogP contribution >= 0.6 is 23.2 Å².